The molecule has 124 valence electrons. The van der Waals surface area contributed by atoms with E-state index in [0.717, 1.165) is 18.4 Å². The van der Waals surface area contributed by atoms with E-state index in [-0.39, 0.29) is 47.9 Å². The monoisotopic (exact) mass is 324 g/mol. The Morgan fingerprint density at radius 2 is 1.67 bits per heavy atom. The van der Waals surface area contributed by atoms with E-state index in [4.69, 9.17) is 0 Å². The molecule has 0 unspecified atom stereocenters. The third-order valence-electron chi connectivity index (χ3n) is 5.57. The van der Waals surface area contributed by atoms with E-state index >= 15 is 0 Å². The van der Waals surface area contributed by atoms with Crippen LogP contribution in [0.3, 0.4) is 0 Å². The molecule has 3 aliphatic carbocycles. The molecule has 0 aromatic heterocycles. The standard InChI is InChI=1S/C19H20N2O3/c1-11-4-2-3-5-14(11)20-15(22)10-21-18(23)16-12-6-7-13(9-8-12)17(16)19(21)24/h2-7,12-13,16-17H,8-10H2,1H3,(H,20,22)/t12-,13-,16-,17-/m0/s1. The summed E-state index contributed by atoms with van der Waals surface area (Å²) in [7, 11) is 0. The number of nitrogens with one attached hydrogen (secondary N) is 1. The average molecular weight is 324 g/mol. The van der Waals surface area contributed by atoms with Gasteiger partial charge in [-0.15, -0.1) is 0 Å². The number of amides is 3. The molecule has 5 rings (SSSR count). The number of fused-ring (bicyclic) bond motifs is 1. The summed E-state index contributed by atoms with van der Waals surface area (Å²) < 4.78 is 0. The third kappa shape index (κ3) is 2.27. The zero-order valence-electron chi connectivity index (χ0n) is 13.6. The number of imide groups is 1. The second kappa shape index (κ2) is 5.58. The summed E-state index contributed by atoms with van der Waals surface area (Å²) in [6.07, 6.45) is 6.09. The Kier molecular flexibility index (Phi) is 3.52. The summed E-state index contributed by atoms with van der Waals surface area (Å²) in [4.78, 5) is 38.9. The molecule has 4 aliphatic rings. The van der Waals surface area contributed by atoms with Crippen LogP contribution in [-0.2, 0) is 14.4 Å². The van der Waals surface area contributed by atoms with Crippen LogP contribution in [-0.4, -0.2) is 29.2 Å². The molecule has 1 saturated carbocycles. The zero-order chi connectivity index (χ0) is 16.8. The molecule has 1 aromatic carbocycles. The zero-order valence-corrected chi connectivity index (χ0v) is 13.6. The summed E-state index contributed by atoms with van der Waals surface area (Å²) in [6, 6.07) is 7.45. The van der Waals surface area contributed by atoms with Gasteiger partial charge in [-0.2, -0.15) is 0 Å². The molecule has 1 aromatic rings. The van der Waals surface area contributed by atoms with Crippen molar-refractivity contribution in [2.45, 2.75) is 19.8 Å². The lowest BCUT2D eigenvalue weighted by molar-refractivity contribution is -0.142. The average Bonchev–Trinajstić information content (AvgIpc) is 2.85. The number of carbonyl (C=O) groups is 3. The van der Waals surface area contributed by atoms with Crippen molar-refractivity contribution in [1.82, 2.24) is 4.90 Å². The molecule has 1 heterocycles. The van der Waals surface area contributed by atoms with Crippen molar-refractivity contribution in [1.29, 1.82) is 0 Å². The van der Waals surface area contributed by atoms with Crippen molar-refractivity contribution in [3.8, 4) is 0 Å². The van der Waals surface area contributed by atoms with Crippen LogP contribution in [0.4, 0.5) is 5.69 Å². The Hall–Kier alpha value is -2.43. The molecule has 1 N–H and O–H groups in total. The SMILES string of the molecule is Cc1ccccc1NC(=O)CN1C(=O)[C@@H]2[C@@H](C1=O)[C@H]1C=C[C@H]2CC1. The van der Waals surface area contributed by atoms with Crippen LogP contribution in [0.1, 0.15) is 18.4 Å². The second-order valence-electron chi connectivity index (χ2n) is 6.97. The molecule has 5 nitrogen and oxygen atoms in total. The van der Waals surface area contributed by atoms with Crippen molar-refractivity contribution < 1.29 is 14.4 Å². The van der Waals surface area contributed by atoms with E-state index in [0.29, 0.717) is 5.69 Å². The first-order chi connectivity index (χ1) is 11.6. The number of allylic oxidation sites excluding steroid dienone is 2. The van der Waals surface area contributed by atoms with E-state index in [1.54, 1.807) is 0 Å². The highest BCUT2D eigenvalue weighted by Crippen LogP contribution is 2.49. The van der Waals surface area contributed by atoms with Gasteiger partial charge in [0.25, 0.3) is 0 Å². The van der Waals surface area contributed by atoms with Gasteiger partial charge >= 0.3 is 0 Å². The molecule has 0 spiro atoms. The van der Waals surface area contributed by atoms with Crippen LogP contribution in [0.25, 0.3) is 0 Å². The highest BCUT2D eigenvalue weighted by Gasteiger charge is 2.56. The minimum Gasteiger partial charge on any atom is -0.324 e. The van der Waals surface area contributed by atoms with Gasteiger partial charge in [0, 0.05) is 5.69 Å². The lowest BCUT2D eigenvalue weighted by Gasteiger charge is -2.38. The molecule has 4 atom stereocenters. The molecule has 1 aliphatic heterocycles. The maximum atomic E-state index is 12.7. The van der Waals surface area contributed by atoms with Crippen molar-refractivity contribution in [2.75, 3.05) is 11.9 Å². The Morgan fingerprint density at radius 3 is 2.21 bits per heavy atom. The van der Waals surface area contributed by atoms with Gasteiger partial charge in [0.15, 0.2) is 0 Å². The van der Waals surface area contributed by atoms with E-state index in [9.17, 15) is 14.4 Å². The van der Waals surface area contributed by atoms with Crippen LogP contribution in [0.2, 0.25) is 0 Å². The van der Waals surface area contributed by atoms with Crippen molar-refractivity contribution in [3.63, 3.8) is 0 Å². The predicted octanol–water partition coefficient (Wildman–Crippen LogP) is 2.13. The molecule has 5 heteroatoms. The summed E-state index contributed by atoms with van der Waals surface area (Å²) in [5.74, 6) is -0.889. The lowest BCUT2D eigenvalue weighted by atomic mass is 9.63. The Labute approximate surface area is 140 Å². The number of likely N-dealkylation sites (tertiary alicyclic amines) is 1. The van der Waals surface area contributed by atoms with Crippen molar-refractivity contribution >= 4 is 23.4 Å². The molecule has 2 fully saturated rings. The number of nitrogens with zero attached hydrogens (tertiary/aromatic N) is 1. The largest absolute Gasteiger partial charge is 0.324 e. The van der Waals surface area contributed by atoms with Crippen LogP contribution in [0.15, 0.2) is 36.4 Å². The fraction of sp³-hybridized carbons (Fsp3) is 0.421. The highest BCUT2D eigenvalue weighted by molar-refractivity contribution is 6.09. The number of anilines is 1. The minimum atomic E-state index is -0.329. The van der Waals surface area contributed by atoms with E-state index < -0.39 is 0 Å². The van der Waals surface area contributed by atoms with Gasteiger partial charge < -0.3 is 5.32 Å². The minimum absolute atomic E-state index is 0.154. The summed E-state index contributed by atoms with van der Waals surface area (Å²) in [5, 5.41) is 2.80. The lowest BCUT2D eigenvalue weighted by Crippen LogP contribution is -2.38. The first kappa shape index (κ1) is 15.1. The quantitative estimate of drug-likeness (QED) is 0.684. The first-order valence-corrected chi connectivity index (χ1v) is 8.45. The number of hydrogen-bond acceptors (Lipinski definition) is 3. The molecule has 24 heavy (non-hydrogen) atoms. The molecule has 2 bridgehead atoms. The predicted molar refractivity (Wildman–Crippen MR) is 88.9 cm³/mol. The Morgan fingerprint density at radius 1 is 1.08 bits per heavy atom. The van der Waals surface area contributed by atoms with Gasteiger partial charge in [-0.05, 0) is 43.2 Å². The number of aryl methyl sites for hydroxylation is 1. The number of para-hydroxylation sites is 1. The maximum absolute atomic E-state index is 12.7. The third-order valence-corrected chi connectivity index (χ3v) is 5.57. The number of carbonyl (C=O) groups excluding carboxylic acids is 3. The Balaban J connectivity index is 1.49. The van der Waals surface area contributed by atoms with Crippen LogP contribution in [0.5, 0.6) is 0 Å². The first-order valence-electron chi connectivity index (χ1n) is 8.45. The number of rotatable bonds is 3. The summed E-state index contributed by atoms with van der Waals surface area (Å²) in [5.41, 5.74) is 1.65. The normalized spacial score (nSPS) is 30.6. The van der Waals surface area contributed by atoms with Crippen molar-refractivity contribution in [2.24, 2.45) is 23.7 Å². The Bertz CT molecular complexity index is 723. The van der Waals surface area contributed by atoms with Gasteiger partial charge in [-0.25, -0.2) is 0 Å². The van der Waals surface area contributed by atoms with E-state index in [1.165, 1.54) is 4.90 Å². The molecular formula is C19H20N2O3. The fourth-order valence-corrected chi connectivity index (χ4v) is 4.34. The van der Waals surface area contributed by atoms with Gasteiger partial charge in [0.2, 0.25) is 17.7 Å². The summed E-state index contributed by atoms with van der Waals surface area (Å²) in [6.45, 7) is 1.71. The molecule has 3 amide bonds. The van der Waals surface area contributed by atoms with Crippen LogP contribution >= 0.6 is 0 Å². The smallest absolute Gasteiger partial charge is 0.244 e. The van der Waals surface area contributed by atoms with Gasteiger partial charge in [-0.3, -0.25) is 19.3 Å². The number of hydrogen-bond donors (Lipinski definition) is 1. The van der Waals surface area contributed by atoms with Gasteiger partial charge in [0.1, 0.15) is 6.54 Å². The molecular weight excluding hydrogens is 304 g/mol. The highest BCUT2D eigenvalue weighted by atomic mass is 16.2. The number of benzene rings is 1. The van der Waals surface area contributed by atoms with Crippen LogP contribution in [0, 0.1) is 30.6 Å². The summed E-state index contributed by atoms with van der Waals surface area (Å²) >= 11 is 0. The topological polar surface area (TPSA) is 66.5 Å². The van der Waals surface area contributed by atoms with Crippen molar-refractivity contribution in [3.05, 3.63) is 42.0 Å². The van der Waals surface area contributed by atoms with Gasteiger partial charge in [0.05, 0.1) is 11.8 Å². The van der Waals surface area contributed by atoms with Crippen LogP contribution < -0.4 is 5.32 Å². The molecule has 0 radical (unpaired) electrons. The second-order valence-corrected chi connectivity index (χ2v) is 6.97. The maximum Gasteiger partial charge on any atom is 0.244 e. The van der Waals surface area contributed by atoms with E-state index in [2.05, 4.69) is 17.5 Å². The fourth-order valence-electron chi connectivity index (χ4n) is 4.34. The van der Waals surface area contributed by atoms with Gasteiger partial charge in [-0.1, -0.05) is 30.4 Å². The van der Waals surface area contributed by atoms with E-state index in [1.807, 2.05) is 31.2 Å². The molecule has 1 saturated heterocycles.